The number of carbonyl (C=O) groups excluding carboxylic acids is 2. The summed E-state index contributed by atoms with van der Waals surface area (Å²) in [7, 11) is 0. The maximum atomic E-state index is 13.3. The average molecular weight is 280 g/mol. The highest BCUT2D eigenvalue weighted by Crippen LogP contribution is 2.12. The largest absolute Gasteiger partial charge is 0.478 e. The zero-order valence-electron chi connectivity index (χ0n) is 10.9. The number of rotatable bonds is 3. The molecule has 1 aromatic rings. The van der Waals surface area contributed by atoms with Crippen molar-refractivity contribution in [3.63, 3.8) is 0 Å². The van der Waals surface area contributed by atoms with Gasteiger partial charge in [0.25, 0.3) is 5.91 Å². The predicted octanol–water partition coefficient (Wildman–Crippen LogP) is 1.89. The standard InChI is InChI=1S/C13H13FN2O4/c1-7(8(2)12(18)19)11(17)16-13(20)15-10-6-4-3-5-9(10)14/h3-6H,1-2H3,(H,18,19)(H2,15,16,17,20). The Kier molecular flexibility index (Phi) is 4.96. The molecule has 0 spiro atoms. The van der Waals surface area contributed by atoms with Crippen molar-refractivity contribution in [3.8, 4) is 0 Å². The second-order valence-corrected chi connectivity index (χ2v) is 3.94. The summed E-state index contributed by atoms with van der Waals surface area (Å²) in [6, 6.07) is 4.49. The van der Waals surface area contributed by atoms with E-state index in [9.17, 15) is 18.8 Å². The summed E-state index contributed by atoms with van der Waals surface area (Å²) in [6.07, 6.45) is 0. The number of anilines is 1. The molecular weight excluding hydrogens is 267 g/mol. The number of amides is 3. The van der Waals surface area contributed by atoms with Crippen molar-refractivity contribution in [1.82, 2.24) is 5.32 Å². The normalized spacial score (nSPS) is 11.3. The number of aliphatic carboxylic acids is 1. The van der Waals surface area contributed by atoms with Crippen LogP contribution in [0.1, 0.15) is 13.8 Å². The van der Waals surface area contributed by atoms with Gasteiger partial charge in [-0.3, -0.25) is 10.1 Å². The monoisotopic (exact) mass is 280 g/mol. The number of nitrogens with one attached hydrogen (secondary N) is 2. The Labute approximate surface area is 114 Å². The third kappa shape index (κ3) is 3.91. The molecule has 0 fully saturated rings. The maximum absolute atomic E-state index is 13.3. The molecule has 0 radical (unpaired) electrons. The number of hydrogen-bond acceptors (Lipinski definition) is 3. The highest BCUT2D eigenvalue weighted by atomic mass is 19.1. The smallest absolute Gasteiger partial charge is 0.331 e. The Bertz CT molecular complexity index is 596. The van der Waals surface area contributed by atoms with Gasteiger partial charge in [0, 0.05) is 11.1 Å². The fourth-order valence-electron chi connectivity index (χ4n) is 1.24. The number of carbonyl (C=O) groups is 3. The van der Waals surface area contributed by atoms with Gasteiger partial charge < -0.3 is 10.4 Å². The van der Waals surface area contributed by atoms with Gasteiger partial charge in [0.2, 0.25) is 0 Å². The Morgan fingerprint density at radius 1 is 1.10 bits per heavy atom. The molecule has 0 aromatic heterocycles. The highest BCUT2D eigenvalue weighted by Gasteiger charge is 2.15. The summed E-state index contributed by atoms with van der Waals surface area (Å²) in [5.74, 6) is -2.77. The van der Waals surface area contributed by atoms with Crippen LogP contribution < -0.4 is 10.6 Å². The van der Waals surface area contributed by atoms with Crippen LogP contribution in [0.4, 0.5) is 14.9 Å². The molecule has 0 bridgehead atoms. The first-order valence-corrected chi connectivity index (χ1v) is 5.60. The van der Waals surface area contributed by atoms with E-state index in [1.54, 1.807) is 0 Å². The summed E-state index contributed by atoms with van der Waals surface area (Å²) in [6.45, 7) is 2.52. The molecule has 0 aliphatic carbocycles. The predicted molar refractivity (Wildman–Crippen MR) is 69.6 cm³/mol. The topological polar surface area (TPSA) is 95.5 Å². The molecule has 20 heavy (non-hydrogen) atoms. The lowest BCUT2D eigenvalue weighted by molar-refractivity contribution is -0.133. The Hall–Kier alpha value is -2.70. The van der Waals surface area contributed by atoms with E-state index < -0.39 is 23.7 Å². The number of carboxylic acid groups (broad SMARTS) is 1. The number of hydrogen-bond donors (Lipinski definition) is 3. The Morgan fingerprint density at radius 2 is 1.70 bits per heavy atom. The minimum atomic E-state index is -1.26. The second-order valence-electron chi connectivity index (χ2n) is 3.94. The third-order valence-electron chi connectivity index (χ3n) is 2.57. The average Bonchev–Trinajstić information content (AvgIpc) is 2.39. The minimum Gasteiger partial charge on any atom is -0.478 e. The van der Waals surface area contributed by atoms with Crippen LogP contribution in [-0.2, 0) is 9.59 Å². The number of urea groups is 1. The highest BCUT2D eigenvalue weighted by molar-refractivity contribution is 6.10. The van der Waals surface area contributed by atoms with Crippen molar-refractivity contribution in [2.75, 3.05) is 5.32 Å². The lowest BCUT2D eigenvalue weighted by Gasteiger charge is -2.08. The summed E-state index contributed by atoms with van der Waals surface area (Å²) < 4.78 is 13.3. The molecule has 106 valence electrons. The first-order valence-electron chi connectivity index (χ1n) is 5.60. The van der Waals surface area contributed by atoms with Crippen molar-refractivity contribution in [3.05, 3.63) is 41.2 Å². The molecule has 0 aliphatic rings. The van der Waals surface area contributed by atoms with Crippen LogP contribution in [-0.4, -0.2) is 23.0 Å². The summed E-state index contributed by atoms with van der Waals surface area (Å²) >= 11 is 0. The van der Waals surface area contributed by atoms with E-state index in [0.29, 0.717) is 0 Å². The van der Waals surface area contributed by atoms with E-state index in [2.05, 4.69) is 5.32 Å². The molecule has 6 nitrogen and oxygen atoms in total. The van der Waals surface area contributed by atoms with E-state index in [1.807, 2.05) is 5.32 Å². The van der Waals surface area contributed by atoms with Crippen LogP contribution >= 0.6 is 0 Å². The van der Waals surface area contributed by atoms with Gasteiger partial charge in [-0.15, -0.1) is 0 Å². The second kappa shape index (κ2) is 6.46. The van der Waals surface area contributed by atoms with Gasteiger partial charge in [-0.05, 0) is 26.0 Å². The summed E-state index contributed by atoms with van der Waals surface area (Å²) in [5.41, 5.74) is -0.378. The number of benzene rings is 1. The molecule has 7 heteroatoms. The Morgan fingerprint density at radius 3 is 2.25 bits per heavy atom. The molecule has 1 aromatic carbocycles. The maximum Gasteiger partial charge on any atom is 0.331 e. The fraction of sp³-hybridized carbons (Fsp3) is 0.154. The lowest BCUT2D eigenvalue weighted by atomic mass is 10.1. The number of halogens is 1. The van der Waals surface area contributed by atoms with E-state index in [4.69, 9.17) is 5.11 Å². The van der Waals surface area contributed by atoms with Gasteiger partial charge >= 0.3 is 12.0 Å². The lowest BCUT2D eigenvalue weighted by Crippen LogP contribution is -2.35. The van der Waals surface area contributed by atoms with E-state index in [-0.39, 0.29) is 16.8 Å². The molecule has 0 unspecified atom stereocenters. The van der Waals surface area contributed by atoms with Crippen molar-refractivity contribution < 1.29 is 23.9 Å². The van der Waals surface area contributed by atoms with Gasteiger partial charge in [0.15, 0.2) is 0 Å². The molecule has 0 atom stereocenters. The molecule has 3 N–H and O–H groups in total. The molecule has 0 saturated carbocycles. The van der Waals surface area contributed by atoms with Gasteiger partial charge in [-0.2, -0.15) is 0 Å². The zero-order chi connectivity index (χ0) is 15.3. The van der Waals surface area contributed by atoms with E-state index >= 15 is 0 Å². The molecule has 0 aliphatic heterocycles. The summed E-state index contributed by atoms with van der Waals surface area (Å²) in [5, 5.41) is 12.8. The number of carboxylic acids is 1. The van der Waals surface area contributed by atoms with Crippen molar-refractivity contribution in [1.29, 1.82) is 0 Å². The summed E-state index contributed by atoms with van der Waals surface area (Å²) in [4.78, 5) is 33.8. The minimum absolute atomic E-state index is 0.0885. The Balaban J connectivity index is 2.73. The van der Waals surface area contributed by atoms with Crippen LogP contribution in [0.25, 0.3) is 0 Å². The van der Waals surface area contributed by atoms with Crippen LogP contribution in [0.5, 0.6) is 0 Å². The first-order chi connectivity index (χ1) is 9.32. The zero-order valence-corrected chi connectivity index (χ0v) is 10.9. The van der Waals surface area contributed by atoms with Crippen LogP contribution in [0.3, 0.4) is 0 Å². The van der Waals surface area contributed by atoms with Gasteiger partial charge in [0.1, 0.15) is 5.82 Å². The number of imide groups is 1. The SMILES string of the molecule is CC(C(=O)O)=C(C)C(=O)NC(=O)Nc1ccccc1F. The van der Waals surface area contributed by atoms with Crippen molar-refractivity contribution in [2.45, 2.75) is 13.8 Å². The van der Waals surface area contributed by atoms with Gasteiger partial charge in [0.05, 0.1) is 5.69 Å². The van der Waals surface area contributed by atoms with E-state index in [0.717, 1.165) is 6.07 Å². The molecule has 1 rings (SSSR count). The van der Waals surface area contributed by atoms with Crippen LogP contribution in [0.2, 0.25) is 0 Å². The number of para-hydroxylation sites is 1. The van der Waals surface area contributed by atoms with Crippen molar-refractivity contribution >= 4 is 23.6 Å². The fourth-order valence-corrected chi connectivity index (χ4v) is 1.24. The van der Waals surface area contributed by atoms with Gasteiger partial charge in [-0.1, -0.05) is 12.1 Å². The molecule has 0 saturated heterocycles. The van der Waals surface area contributed by atoms with E-state index in [1.165, 1.54) is 32.0 Å². The van der Waals surface area contributed by atoms with Crippen molar-refractivity contribution in [2.24, 2.45) is 0 Å². The first kappa shape index (κ1) is 15.4. The molecular formula is C13H13FN2O4. The molecule has 0 heterocycles. The van der Waals surface area contributed by atoms with Gasteiger partial charge in [-0.25, -0.2) is 14.0 Å². The molecule has 3 amide bonds. The van der Waals surface area contributed by atoms with Crippen LogP contribution in [0, 0.1) is 5.82 Å². The quantitative estimate of drug-likeness (QED) is 0.737. The van der Waals surface area contributed by atoms with Crippen LogP contribution in [0.15, 0.2) is 35.4 Å². The third-order valence-corrected chi connectivity index (χ3v) is 2.57.